The van der Waals surface area contributed by atoms with Crippen molar-refractivity contribution < 1.29 is 4.74 Å². The number of aromatic nitrogens is 1. The van der Waals surface area contributed by atoms with E-state index in [0.717, 1.165) is 34.7 Å². The van der Waals surface area contributed by atoms with Crippen LogP contribution in [0.4, 0.5) is 0 Å². The number of halogens is 1. The largest absolute Gasteiger partial charge is 0.474 e. The molecule has 2 rings (SSSR count). The molecule has 1 aromatic rings. The Bertz CT molecular complexity index is 367. The highest BCUT2D eigenvalue weighted by molar-refractivity contribution is 9.10. The molecule has 88 valence electrons. The van der Waals surface area contributed by atoms with Gasteiger partial charge in [-0.3, -0.25) is 0 Å². The molecule has 1 saturated carbocycles. The summed E-state index contributed by atoms with van der Waals surface area (Å²) in [5.74, 6) is 1.52. The lowest BCUT2D eigenvalue weighted by molar-refractivity contribution is 0.123. The molecular formula is C13H18BrNO. The summed E-state index contributed by atoms with van der Waals surface area (Å²) in [5.41, 5.74) is 1.15. The molecule has 0 spiro atoms. The summed E-state index contributed by atoms with van der Waals surface area (Å²) in [4.78, 5) is 4.33. The van der Waals surface area contributed by atoms with E-state index in [1.807, 2.05) is 13.1 Å². The third-order valence-corrected chi connectivity index (χ3v) is 3.68. The Morgan fingerprint density at radius 2 is 2.25 bits per heavy atom. The van der Waals surface area contributed by atoms with Crippen molar-refractivity contribution in [2.45, 2.75) is 45.6 Å². The smallest absolute Gasteiger partial charge is 0.228 e. The number of hydrogen-bond donors (Lipinski definition) is 0. The Hall–Kier alpha value is -0.570. The van der Waals surface area contributed by atoms with Crippen LogP contribution in [-0.4, -0.2) is 11.1 Å². The van der Waals surface area contributed by atoms with Crippen LogP contribution >= 0.6 is 15.9 Å². The minimum Gasteiger partial charge on any atom is -0.474 e. The van der Waals surface area contributed by atoms with Gasteiger partial charge in [0, 0.05) is 6.20 Å². The van der Waals surface area contributed by atoms with Gasteiger partial charge in [0.05, 0.1) is 4.47 Å². The van der Waals surface area contributed by atoms with Crippen LogP contribution in [0, 0.1) is 12.8 Å². The van der Waals surface area contributed by atoms with Gasteiger partial charge in [-0.15, -0.1) is 0 Å². The van der Waals surface area contributed by atoms with Gasteiger partial charge in [0.25, 0.3) is 0 Å². The molecule has 2 unspecified atom stereocenters. The predicted molar refractivity (Wildman–Crippen MR) is 68.7 cm³/mol. The zero-order chi connectivity index (χ0) is 11.5. The molecule has 0 saturated heterocycles. The molecule has 2 atom stereocenters. The van der Waals surface area contributed by atoms with E-state index < -0.39 is 0 Å². The maximum absolute atomic E-state index is 5.95. The van der Waals surface area contributed by atoms with Crippen LogP contribution in [-0.2, 0) is 0 Å². The molecule has 2 nitrogen and oxygen atoms in total. The lowest BCUT2D eigenvalue weighted by Crippen LogP contribution is -2.24. The maximum Gasteiger partial charge on any atom is 0.228 e. The van der Waals surface area contributed by atoms with Crippen LogP contribution in [0.3, 0.4) is 0 Å². The summed E-state index contributed by atoms with van der Waals surface area (Å²) in [6, 6.07) is 2.05. The lowest BCUT2D eigenvalue weighted by atomic mass is 9.89. The van der Waals surface area contributed by atoms with Crippen LogP contribution in [0.2, 0.25) is 0 Å². The fourth-order valence-corrected chi connectivity index (χ4v) is 2.81. The first-order valence-electron chi connectivity index (χ1n) is 5.94. The van der Waals surface area contributed by atoms with E-state index >= 15 is 0 Å². The van der Waals surface area contributed by atoms with Crippen molar-refractivity contribution in [2.24, 2.45) is 5.92 Å². The van der Waals surface area contributed by atoms with Crippen LogP contribution in [0.15, 0.2) is 16.7 Å². The Labute approximate surface area is 106 Å². The monoisotopic (exact) mass is 283 g/mol. The van der Waals surface area contributed by atoms with Gasteiger partial charge in [-0.05, 0) is 59.7 Å². The molecule has 0 aromatic carbocycles. The van der Waals surface area contributed by atoms with Crippen molar-refractivity contribution >= 4 is 15.9 Å². The molecule has 1 heterocycles. The predicted octanol–water partition coefficient (Wildman–Crippen LogP) is 4.11. The number of hydrogen-bond acceptors (Lipinski definition) is 2. The van der Waals surface area contributed by atoms with E-state index in [1.54, 1.807) is 0 Å². The molecule has 16 heavy (non-hydrogen) atoms. The zero-order valence-electron chi connectivity index (χ0n) is 9.87. The molecule has 1 fully saturated rings. The van der Waals surface area contributed by atoms with E-state index in [2.05, 4.69) is 33.9 Å². The molecule has 1 aliphatic rings. The van der Waals surface area contributed by atoms with Gasteiger partial charge in [0.2, 0.25) is 5.88 Å². The number of rotatable bonds is 2. The van der Waals surface area contributed by atoms with Gasteiger partial charge >= 0.3 is 0 Å². The van der Waals surface area contributed by atoms with Crippen molar-refractivity contribution in [2.75, 3.05) is 0 Å². The second-order valence-corrected chi connectivity index (χ2v) is 5.67. The summed E-state index contributed by atoms with van der Waals surface area (Å²) >= 11 is 3.50. The van der Waals surface area contributed by atoms with Gasteiger partial charge in [-0.1, -0.05) is 13.3 Å². The normalized spacial score (nSPS) is 25.4. The van der Waals surface area contributed by atoms with Crippen LogP contribution < -0.4 is 4.74 Å². The third-order valence-electron chi connectivity index (χ3n) is 3.11. The average molecular weight is 284 g/mol. The zero-order valence-corrected chi connectivity index (χ0v) is 11.5. The first-order valence-corrected chi connectivity index (χ1v) is 6.73. The van der Waals surface area contributed by atoms with E-state index in [-0.39, 0.29) is 0 Å². The Morgan fingerprint density at radius 3 is 2.94 bits per heavy atom. The van der Waals surface area contributed by atoms with Crippen LogP contribution in [0.1, 0.15) is 38.2 Å². The molecule has 0 radical (unpaired) electrons. The molecule has 0 aliphatic heterocycles. The van der Waals surface area contributed by atoms with Crippen LogP contribution in [0.25, 0.3) is 0 Å². The summed E-state index contributed by atoms with van der Waals surface area (Å²) in [6.07, 6.45) is 7.12. The standard InChI is InChI=1S/C13H18BrNO/c1-9-4-3-5-11(6-9)16-13-12(14)7-10(2)8-15-13/h7-9,11H,3-6H2,1-2H3. The number of pyridine rings is 1. The van der Waals surface area contributed by atoms with Crippen molar-refractivity contribution in [1.29, 1.82) is 0 Å². The topological polar surface area (TPSA) is 22.1 Å². The number of ether oxygens (including phenoxy) is 1. The highest BCUT2D eigenvalue weighted by Gasteiger charge is 2.21. The highest BCUT2D eigenvalue weighted by Crippen LogP contribution is 2.30. The Morgan fingerprint density at radius 1 is 1.44 bits per heavy atom. The van der Waals surface area contributed by atoms with Gasteiger partial charge < -0.3 is 4.74 Å². The molecular weight excluding hydrogens is 266 g/mol. The average Bonchev–Trinajstić information content (AvgIpc) is 2.22. The molecule has 1 aliphatic carbocycles. The summed E-state index contributed by atoms with van der Waals surface area (Å²) in [6.45, 7) is 4.33. The molecule has 1 aromatic heterocycles. The molecule has 0 amide bonds. The number of aryl methyl sites for hydroxylation is 1. The highest BCUT2D eigenvalue weighted by atomic mass is 79.9. The Kier molecular flexibility index (Phi) is 3.85. The van der Waals surface area contributed by atoms with Crippen molar-refractivity contribution in [3.63, 3.8) is 0 Å². The van der Waals surface area contributed by atoms with E-state index in [9.17, 15) is 0 Å². The van der Waals surface area contributed by atoms with Crippen molar-refractivity contribution in [3.05, 3.63) is 22.3 Å². The first-order chi connectivity index (χ1) is 7.65. The SMILES string of the molecule is Cc1cnc(OC2CCCC(C)C2)c(Br)c1. The lowest BCUT2D eigenvalue weighted by Gasteiger charge is -2.27. The van der Waals surface area contributed by atoms with Gasteiger partial charge in [0.1, 0.15) is 6.10 Å². The summed E-state index contributed by atoms with van der Waals surface area (Å²) in [5, 5.41) is 0. The van der Waals surface area contributed by atoms with E-state index in [4.69, 9.17) is 4.74 Å². The summed E-state index contributed by atoms with van der Waals surface area (Å²) in [7, 11) is 0. The van der Waals surface area contributed by atoms with Gasteiger partial charge in [0.15, 0.2) is 0 Å². The third kappa shape index (κ3) is 2.97. The molecule has 0 bridgehead atoms. The second kappa shape index (κ2) is 5.17. The van der Waals surface area contributed by atoms with Gasteiger partial charge in [-0.25, -0.2) is 4.98 Å². The van der Waals surface area contributed by atoms with Crippen molar-refractivity contribution in [3.8, 4) is 5.88 Å². The van der Waals surface area contributed by atoms with E-state index in [1.165, 1.54) is 12.8 Å². The number of nitrogens with zero attached hydrogens (tertiary/aromatic N) is 1. The molecule has 0 N–H and O–H groups in total. The summed E-state index contributed by atoms with van der Waals surface area (Å²) < 4.78 is 6.92. The fraction of sp³-hybridized carbons (Fsp3) is 0.615. The molecule has 3 heteroatoms. The minimum atomic E-state index is 0.343. The van der Waals surface area contributed by atoms with Gasteiger partial charge in [-0.2, -0.15) is 0 Å². The van der Waals surface area contributed by atoms with Crippen molar-refractivity contribution in [1.82, 2.24) is 4.98 Å². The second-order valence-electron chi connectivity index (χ2n) is 4.81. The maximum atomic E-state index is 5.95. The van der Waals surface area contributed by atoms with E-state index in [0.29, 0.717) is 6.10 Å². The quantitative estimate of drug-likeness (QED) is 0.815. The first kappa shape index (κ1) is 11.9. The van der Waals surface area contributed by atoms with Crippen LogP contribution in [0.5, 0.6) is 5.88 Å². The minimum absolute atomic E-state index is 0.343. The Balaban J connectivity index is 2.02. The fourth-order valence-electron chi connectivity index (χ4n) is 2.25.